The smallest absolute Gasteiger partial charge is 0.255 e. The van der Waals surface area contributed by atoms with Crippen LogP contribution in [-0.2, 0) is 11.2 Å². The fourth-order valence-corrected chi connectivity index (χ4v) is 3.53. The molecule has 0 aliphatic carbocycles. The van der Waals surface area contributed by atoms with Crippen LogP contribution in [0.3, 0.4) is 0 Å². The van der Waals surface area contributed by atoms with Crippen LogP contribution in [0.2, 0.25) is 0 Å². The topological polar surface area (TPSA) is 79.9 Å². The predicted octanol–water partition coefficient (Wildman–Crippen LogP) is 2.77. The molecule has 0 spiro atoms. The molecule has 3 heterocycles. The Morgan fingerprint density at radius 2 is 1.96 bits per heavy atom. The maximum atomic E-state index is 13.0. The quantitative estimate of drug-likeness (QED) is 0.731. The molecular formula is C21H22N4O2. The molecule has 138 valence electrons. The summed E-state index contributed by atoms with van der Waals surface area (Å²) in [6.07, 6.45) is 4.43. The average Bonchev–Trinajstić information content (AvgIpc) is 3.29. The minimum atomic E-state index is -0.115. The Bertz CT molecular complexity index is 908. The number of aromatic nitrogens is 3. The molecule has 1 aliphatic rings. The van der Waals surface area contributed by atoms with Gasteiger partial charge in [-0.25, -0.2) is 0 Å². The molecule has 1 fully saturated rings. The number of hydrogen-bond acceptors (Lipinski definition) is 4. The van der Waals surface area contributed by atoms with E-state index in [-0.39, 0.29) is 17.9 Å². The number of nitrogens with zero attached hydrogens (tertiary/aromatic N) is 2. The highest BCUT2D eigenvalue weighted by atomic mass is 16.5. The van der Waals surface area contributed by atoms with Gasteiger partial charge in [-0.3, -0.25) is 14.9 Å². The van der Waals surface area contributed by atoms with Crippen molar-refractivity contribution < 1.29 is 9.53 Å². The van der Waals surface area contributed by atoms with E-state index in [1.807, 2.05) is 49.4 Å². The molecule has 3 aromatic rings. The van der Waals surface area contributed by atoms with Gasteiger partial charge in [0.15, 0.2) is 0 Å². The van der Waals surface area contributed by atoms with Crippen LogP contribution in [-0.4, -0.2) is 40.3 Å². The summed E-state index contributed by atoms with van der Waals surface area (Å²) in [5, 5.41) is 10.5. The largest absolute Gasteiger partial charge is 0.379 e. The lowest BCUT2D eigenvalue weighted by molar-refractivity contribution is 0.0925. The maximum absolute atomic E-state index is 13.0. The second-order valence-electron chi connectivity index (χ2n) is 6.88. The fourth-order valence-electron chi connectivity index (χ4n) is 3.53. The summed E-state index contributed by atoms with van der Waals surface area (Å²) >= 11 is 0. The SMILES string of the molecule is Cc1[nH]nc(-c2ccccc2)c1C(=O)N[C@H]1COC[C@H]1Cc1ccncc1. The lowest BCUT2D eigenvalue weighted by Crippen LogP contribution is -2.40. The van der Waals surface area contributed by atoms with E-state index in [4.69, 9.17) is 4.74 Å². The standard InChI is InChI=1S/C21H22N4O2/c1-14-19(20(25-24-14)16-5-3-2-4-6-16)21(26)23-18-13-27-12-17(18)11-15-7-9-22-10-8-15/h2-10,17-18H,11-13H2,1H3,(H,23,26)(H,24,25)/t17-,18+/m1/s1. The number of ether oxygens (including phenoxy) is 1. The van der Waals surface area contributed by atoms with Gasteiger partial charge in [0.05, 0.1) is 24.8 Å². The molecule has 2 atom stereocenters. The summed E-state index contributed by atoms with van der Waals surface area (Å²) in [6.45, 7) is 3.04. The number of carbonyl (C=O) groups excluding carboxylic acids is 1. The van der Waals surface area contributed by atoms with Crippen LogP contribution >= 0.6 is 0 Å². The van der Waals surface area contributed by atoms with Gasteiger partial charge in [0.1, 0.15) is 5.69 Å². The van der Waals surface area contributed by atoms with E-state index in [1.54, 1.807) is 12.4 Å². The van der Waals surface area contributed by atoms with E-state index in [0.717, 1.165) is 17.7 Å². The first-order chi connectivity index (χ1) is 13.2. The van der Waals surface area contributed by atoms with Gasteiger partial charge in [-0.15, -0.1) is 0 Å². The summed E-state index contributed by atoms with van der Waals surface area (Å²) < 4.78 is 5.65. The Morgan fingerprint density at radius 3 is 2.74 bits per heavy atom. The van der Waals surface area contributed by atoms with Gasteiger partial charge >= 0.3 is 0 Å². The molecule has 27 heavy (non-hydrogen) atoms. The minimum absolute atomic E-state index is 0.0245. The van der Waals surface area contributed by atoms with Crippen LogP contribution < -0.4 is 5.32 Å². The monoisotopic (exact) mass is 362 g/mol. The first kappa shape index (κ1) is 17.4. The van der Waals surface area contributed by atoms with Crippen LogP contribution in [0, 0.1) is 12.8 Å². The third-order valence-electron chi connectivity index (χ3n) is 4.98. The minimum Gasteiger partial charge on any atom is -0.379 e. The Hall–Kier alpha value is -2.99. The molecule has 0 saturated carbocycles. The second kappa shape index (κ2) is 7.72. The number of aryl methyl sites for hydroxylation is 1. The molecule has 2 N–H and O–H groups in total. The fraction of sp³-hybridized carbons (Fsp3) is 0.286. The number of hydrogen-bond donors (Lipinski definition) is 2. The van der Waals surface area contributed by atoms with E-state index in [9.17, 15) is 4.79 Å². The van der Waals surface area contributed by atoms with Crippen LogP contribution in [0.4, 0.5) is 0 Å². The van der Waals surface area contributed by atoms with Crippen molar-refractivity contribution in [2.75, 3.05) is 13.2 Å². The molecule has 1 aliphatic heterocycles. The molecule has 1 saturated heterocycles. The zero-order chi connectivity index (χ0) is 18.6. The van der Waals surface area contributed by atoms with E-state index < -0.39 is 0 Å². The Morgan fingerprint density at radius 1 is 1.19 bits per heavy atom. The van der Waals surface area contributed by atoms with Gasteiger partial charge in [0, 0.05) is 29.6 Å². The predicted molar refractivity (Wildman–Crippen MR) is 102 cm³/mol. The van der Waals surface area contributed by atoms with E-state index in [2.05, 4.69) is 20.5 Å². The number of H-pyrrole nitrogens is 1. The normalized spacial score (nSPS) is 19.1. The molecule has 2 aromatic heterocycles. The molecule has 1 amide bonds. The van der Waals surface area contributed by atoms with Crippen LogP contribution in [0.1, 0.15) is 21.6 Å². The van der Waals surface area contributed by atoms with Crippen LogP contribution in [0.15, 0.2) is 54.9 Å². The Kier molecular flexibility index (Phi) is 4.98. The van der Waals surface area contributed by atoms with Gasteiger partial charge in [0.25, 0.3) is 5.91 Å². The van der Waals surface area contributed by atoms with Gasteiger partial charge in [0.2, 0.25) is 0 Å². The van der Waals surface area contributed by atoms with Crippen molar-refractivity contribution in [3.05, 3.63) is 71.7 Å². The van der Waals surface area contributed by atoms with Gasteiger partial charge < -0.3 is 10.1 Å². The van der Waals surface area contributed by atoms with Crippen molar-refractivity contribution in [2.45, 2.75) is 19.4 Å². The van der Waals surface area contributed by atoms with E-state index in [0.29, 0.717) is 24.5 Å². The Labute approximate surface area is 158 Å². The second-order valence-corrected chi connectivity index (χ2v) is 6.88. The first-order valence-corrected chi connectivity index (χ1v) is 9.10. The van der Waals surface area contributed by atoms with Crippen molar-refractivity contribution >= 4 is 5.91 Å². The van der Waals surface area contributed by atoms with Crippen LogP contribution in [0.5, 0.6) is 0 Å². The van der Waals surface area contributed by atoms with E-state index >= 15 is 0 Å². The summed E-state index contributed by atoms with van der Waals surface area (Å²) in [7, 11) is 0. The third-order valence-corrected chi connectivity index (χ3v) is 4.98. The van der Waals surface area contributed by atoms with Gasteiger partial charge in [-0.05, 0) is 31.0 Å². The average molecular weight is 362 g/mol. The Balaban J connectivity index is 1.52. The third kappa shape index (κ3) is 3.75. The molecule has 1 aromatic carbocycles. The van der Waals surface area contributed by atoms with Crippen molar-refractivity contribution in [3.8, 4) is 11.3 Å². The molecule has 6 heteroatoms. The van der Waals surface area contributed by atoms with Gasteiger partial charge in [-0.2, -0.15) is 5.10 Å². The zero-order valence-corrected chi connectivity index (χ0v) is 15.2. The number of rotatable bonds is 5. The number of nitrogens with one attached hydrogen (secondary N) is 2. The van der Waals surface area contributed by atoms with Crippen molar-refractivity contribution in [2.24, 2.45) is 5.92 Å². The van der Waals surface area contributed by atoms with Crippen molar-refractivity contribution in [1.29, 1.82) is 0 Å². The zero-order valence-electron chi connectivity index (χ0n) is 15.2. The number of aromatic amines is 1. The lowest BCUT2D eigenvalue weighted by atomic mass is 9.95. The lowest BCUT2D eigenvalue weighted by Gasteiger charge is -2.19. The van der Waals surface area contributed by atoms with Crippen molar-refractivity contribution in [3.63, 3.8) is 0 Å². The van der Waals surface area contributed by atoms with Crippen molar-refractivity contribution in [1.82, 2.24) is 20.5 Å². The first-order valence-electron chi connectivity index (χ1n) is 9.10. The molecule has 0 unspecified atom stereocenters. The molecular weight excluding hydrogens is 340 g/mol. The molecule has 0 bridgehead atoms. The highest BCUT2D eigenvalue weighted by Gasteiger charge is 2.31. The summed E-state index contributed by atoms with van der Waals surface area (Å²) in [5.41, 5.74) is 4.15. The number of pyridine rings is 1. The summed E-state index contributed by atoms with van der Waals surface area (Å²) in [4.78, 5) is 17.1. The van der Waals surface area contributed by atoms with E-state index in [1.165, 1.54) is 5.56 Å². The summed E-state index contributed by atoms with van der Waals surface area (Å²) in [5.74, 6) is 0.124. The highest BCUT2D eigenvalue weighted by Crippen LogP contribution is 2.25. The summed E-state index contributed by atoms with van der Waals surface area (Å²) in [6, 6.07) is 13.7. The number of amides is 1. The van der Waals surface area contributed by atoms with Gasteiger partial charge in [-0.1, -0.05) is 30.3 Å². The maximum Gasteiger partial charge on any atom is 0.255 e. The molecule has 6 nitrogen and oxygen atoms in total. The van der Waals surface area contributed by atoms with Crippen LogP contribution in [0.25, 0.3) is 11.3 Å². The number of benzene rings is 1. The highest BCUT2D eigenvalue weighted by molar-refractivity contribution is 6.01. The molecule has 0 radical (unpaired) electrons. The molecule has 4 rings (SSSR count). The number of carbonyl (C=O) groups is 1.